The van der Waals surface area contributed by atoms with Crippen LogP contribution in [0.4, 0.5) is 0 Å². The first-order valence-corrected chi connectivity index (χ1v) is 12.7. The minimum atomic E-state index is -3.41. The average molecular weight is 454 g/mol. The molecule has 2 saturated heterocycles. The molecule has 2 fully saturated rings. The number of likely N-dealkylation sites (tertiary alicyclic amines) is 1. The number of nitrogens with one attached hydrogen (secondary N) is 1. The molecule has 0 aliphatic carbocycles. The zero-order valence-electron chi connectivity index (χ0n) is 15.9. The summed E-state index contributed by atoms with van der Waals surface area (Å²) >= 11 is 2.59. The number of carbonyl (C=O) groups excluding carboxylic acids is 2. The normalized spacial score (nSPS) is 19.5. The third-order valence-electron chi connectivity index (χ3n) is 5.81. The third kappa shape index (κ3) is 4.25. The van der Waals surface area contributed by atoms with Crippen LogP contribution in [-0.4, -0.2) is 62.2 Å². The summed E-state index contributed by atoms with van der Waals surface area (Å²) in [6, 6.07) is 6.93. The Morgan fingerprint density at radius 2 is 1.72 bits per heavy atom. The van der Waals surface area contributed by atoms with Crippen LogP contribution in [0.25, 0.3) is 0 Å². The number of piperidine rings is 1. The lowest BCUT2D eigenvalue weighted by molar-refractivity contribution is -0.129. The van der Waals surface area contributed by atoms with Gasteiger partial charge in [-0.15, -0.1) is 22.7 Å². The molecule has 0 atom stereocenters. The van der Waals surface area contributed by atoms with Gasteiger partial charge in [-0.05, 0) is 47.6 Å². The molecule has 4 rings (SSSR count). The van der Waals surface area contributed by atoms with Crippen molar-refractivity contribution >= 4 is 44.5 Å². The lowest BCUT2D eigenvalue weighted by atomic mass is 9.78. The Balaban J connectivity index is 1.29. The van der Waals surface area contributed by atoms with Crippen molar-refractivity contribution in [2.75, 3.05) is 32.7 Å². The van der Waals surface area contributed by atoms with Gasteiger partial charge in [0.2, 0.25) is 5.91 Å². The highest BCUT2D eigenvalue weighted by Gasteiger charge is 2.44. The summed E-state index contributed by atoms with van der Waals surface area (Å²) in [6.45, 7) is 2.25. The van der Waals surface area contributed by atoms with Gasteiger partial charge >= 0.3 is 0 Å². The molecule has 156 valence electrons. The van der Waals surface area contributed by atoms with E-state index in [1.807, 2.05) is 5.38 Å². The van der Waals surface area contributed by atoms with E-state index in [0.717, 1.165) is 19.3 Å². The summed E-state index contributed by atoms with van der Waals surface area (Å²) in [7, 11) is -3.41. The van der Waals surface area contributed by atoms with Gasteiger partial charge < -0.3 is 10.2 Å². The summed E-state index contributed by atoms with van der Waals surface area (Å²) in [5, 5.41) is 6.29. The van der Waals surface area contributed by atoms with Crippen molar-refractivity contribution in [1.82, 2.24) is 14.5 Å². The van der Waals surface area contributed by atoms with Crippen molar-refractivity contribution in [2.24, 2.45) is 5.41 Å². The van der Waals surface area contributed by atoms with Crippen LogP contribution in [0.3, 0.4) is 0 Å². The molecule has 0 unspecified atom stereocenters. The Morgan fingerprint density at radius 3 is 2.38 bits per heavy atom. The number of hydrogen-bond donors (Lipinski definition) is 1. The molecule has 2 aliphatic rings. The number of carbonyl (C=O) groups is 2. The van der Waals surface area contributed by atoms with Gasteiger partial charge in [-0.25, -0.2) is 8.42 Å². The number of hydrogen-bond acceptors (Lipinski definition) is 6. The van der Waals surface area contributed by atoms with Gasteiger partial charge in [0.25, 0.3) is 15.9 Å². The Bertz CT molecular complexity index is 963. The average Bonchev–Trinajstić information content (AvgIpc) is 3.48. The van der Waals surface area contributed by atoms with E-state index in [-0.39, 0.29) is 23.8 Å². The van der Waals surface area contributed by atoms with Crippen molar-refractivity contribution in [2.45, 2.75) is 23.5 Å². The first-order chi connectivity index (χ1) is 13.9. The SMILES string of the molecule is O=C(NCC(=O)N1CCC2(CCN(S(=O)(=O)c3cccs3)CC2)C1)c1cccs1. The van der Waals surface area contributed by atoms with Crippen LogP contribution in [0.15, 0.2) is 39.2 Å². The van der Waals surface area contributed by atoms with E-state index >= 15 is 0 Å². The predicted molar refractivity (Wildman–Crippen MR) is 113 cm³/mol. The predicted octanol–water partition coefficient (Wildman–Crippen LogP) is 2.24. The minimum absolute atomic E-state index is 0.00824. The highest BCUT2D eigenvalue weighted by atomic mass is 32.2. The first-order valence-electron chi connectivity index (χ1n) is 9.53. The number of amides is 2. The number of sulfonamides is 1. The van der Waals surface area contributed by atoms with Gasteiger partial charge in [-0.2, -0.15) is 4.31 Å². The maximum atomic E-state index is 12.7. The van der Waals surface area contributed by atoms with Crippen molar-refractivity contribution < 1.29 is 18.0 Å². The molecule has 0 radical (unpaired) electrons. The van der Waals surface area contributed by atoms with Crippen molar-refractivity contribution in [3.05, 3.63) is 39.9 Å². The van der Waals surface area contributed by atoms with Crippen LogP contribution in [-0.2, 0) is 14.8 Å². The topological polar surface area (TPSA) is 86.8 Å². The van der Waals surface area contributed by atoms with Crippen molar-refractivity contribution in [3.8, 4) is 0 Å². The summed E-state index contributed by atoms with van der Waals surface area (Å²) in [5.41, 5.74) is -0.0190. The van der Waals surface area contributed by atoms with Gasteiger partial charge in [-0.1, -0.05) is 12.1 Å². The zero-order chi connectivity index (χ0) is 20.5. The molecule has 0 saturated carbocycles. The van der Waals surface area contributed by atoms with Gasteiger partial charge in [0.05, 0.1) is 11.4 Å². The van der Waals surface area contributed by atoms with E-state index in [2.05, 4.69) is 5.32 Å². The van der Waals surface area contributed by atoms with Crippen molar-refractivity contribution in [1.29, 1.82) is 0 Å². The Labute approximate surface area is 178 Å². The quantitative estimate of drug-likeness (QED) is 0.752. The molecule has 10 heteroatoms. The fourth-order valence-electron chi connectivity index (χ4n) is 4.06. The van der Waals surface area contributed by atoms with E-state index in [4.69, 9.17) is 0 Å². The summed E-state index contributed by atoms with van der Waals surface area (Å²) < 4.78 is 27.4. The second-order valence-electron chi connectivity index (χ2n) is 7.56. The van der Waals surface area contributed by atoms with Gasteiger partial charge in [0.15, 0.2) is 0 Å². The molecule has 1 N–H and O–H groups in total. The van der Waals surface area contributed by atoms with E-state index in [9.17, 15) is 18.0 Å². The molecule has 2 aliphatic heterocycles. The van der Waals surface area contributed by atoms with Crippen LogP contribution in [0.1, 0.15) is 28.9 Å². The van der Waals surface area contributed by atoms with E-state index in [0.29, 0.717) is 35.3 Å². The largest absolute Gasteiger partial charge is 0.342 e. The van der Waals surface area contributed by atoms with Gasteiger partial charge in [0.1, 0.15) is 4.21 Å². The lowest BCUT2D eigenvalue weighted by Crippen LogP contribution is -2.45. The zero-order valence-corrected chi connectivity index (χ0v) is 18.3. The molecule has 0 aromatic carbocycles. The van der Waals surface area contributed by atoms with E-state index in [1.54, 1.807) is 38.9 Å². The van der Waals surface area contributed by atoms with Crippen molar-refractivity contribution in [3.63, 3.8) is 0 Å². The van der Waals surface area contributed by atoms with Gasteiger partial charge in [0, 0.05) is 26.2 Å². The maximum absolute atomic E-state index is 12.7. The van der Waals surface area contributed by atoms with Gasteiger partial charge in [-0.3, -0.25) is 9.59 Å². The molecule has 1 spiro atoms. The summed E-state index contributed by atoms with van der Waals surface area (Å²) in [4.78, 5) is 26.9. The molecule has 0 bridgehead atoms. The van der Waals surface area contributed by atoms with Crippen LogP contribution < -0.4 is 5.32 Å². The third-order valence-corrected chi connectivity index (χ3v) is 9.95. The highest BCUT2D eigenvalue weighted by molar-refractivity contribution is 7.91. The molecular weight excluding hydrogens is 430 g/mol. The fraction of sp³-hybridized carbons (Fsp3) is 0.474. The molecule has 7 nitrogen and oxygen atoms in total. The molecule has 2 aromatic heterocycles. The summed E-state index contributed by atoms with van der Waals surface area (Å²) in [6.07, 6.45) is 2.39. The molecule has 29 heavy (non-hydrogen) atoms. The first kappa shape index (κ1) is 20.5. The van der Waals surface area contributed by atoms with Crippen LogP contribution in [0.5, 0.6) is 0 Å². The second kappa shape index (κ2) is 8.17. The molecule has 4 heterocycles. The molecule has 2 amide bonds. The Kier molecular flexibility index (Phi) is 5.78. The Morgan fingerprint density at radius 1 is 1.03 bits per heavy atom. The molecule has 2 aromatic rings. The fourth-order valence-corrected chi connectivity index (χ4v) is 7.28. The lowest BCUT2D eigenvalue weighted by Gasteiger charge is -2.38. The van der Waals surface area contributed by atoms with Crippen LogP contribution in [0.2, 0.25) is 0 Å². The van der Waals surface area contributed by atoms with Crippen LogP contribution >= 0.6 is 22.7 Å². The number of rotatable bonds is 5. The number of nitrogens with zero attached hydrogens (tertiary/aromatic N) is 2. The smallest absolute Gasteiger partial charge is 0.261 e. The molecular formula is C19H23N3O4S3. The summed E-state index contributed by atoms with van der Waals surface area (Å²) in [5.74, 6) is -0.310. The maximum Gasteiger partial charge on any atom is 0.261 e. The minimum Gasteiger partial charge on any atom is -0.342 e. The van der Waals surface area contributed by atoms with E-state index < -0.39 is 10.0 Å². The number of thiophene rings is 2. The second-order valence-corrected chi connectivity index (χ2v) is 11.6. The van der Waals surface area contributed by atoms with E-state index in [1.165, 1.54) is 22.7 Å². The van der Waals surface area contributed by atoms with Crippen LogP contribution in [0, 0.1) is 5.41 Å². The Hall–Kier alpha value is -1.75. The standard InChI is InChI=1S/C19H23N3O4S3/c23-16(13-20-18(24)15-3-1-11-27-15)21-8-5-19(14-21)6-9-22(10-7-19)29(25,26)17-4-2-12-28-17/h1-4,11-12H,5-10,13-14H2,(H,20,24). The highest BCUT2D eigenvalue weighted by Crippen LogP contribution is 2.41. The monoisotopic (exact) mass is 453 g/mol.